The minimum atomic E-state index is 0.492. The normalized spacial score (nSPS) is 10.9. The Hall–Kier alpha value is -0.480. The van der Waals surface area contributed by atoms with Crippen LogP contribution in [0.4, 0.5) is 0 Å². The van der Waals surface area contributed by atoms with Crippen LogP contribution in [0, 0.1) is 5.92 Å². The molecular formula is C11H18N2S2. The summed E-state index contributed by atoms with van der Waals surface area (Å²) in [6, 6.07) is 0. The van der Waals surface area contributed by atoms with E-state index < -0.39 is 0 Å². The van der Waals surface area contributed by atoms with Crippen LogP contribution < -0.4 is 5.73 Å². The van der Waals surface area contributed by atoms with Gasteiger partial charge in [0.1, 0.15) is 4.99 Å². The van der Waals surface area contributed by atoms with Gasteiger partial charge in [-0.05, 0) is 12.3 Å². The molecule has 1 aromatic heterocycles. The summed E-state index contributed by atoms with van der Waals surface area (Å²) in [5.74, 6) is 0.629. The number of rotatable bonds is 5. The van der Waals surface area contributed by atoms with Crippen LogP contribution in [0.3, 0.4) is 0 Å². The van der Waals surface area contributed by atoms with Crippen molar-refractivity contribution >= 4 is 28.5 Å². The lowest BCUT2D eigenvalue weighted by Crippen LogP contribution is -2.09. The van der Waals surface area contributed by atoms with Crippen LogP contribution in [-0.4, -0.2) is 9.97 Å². The minimum Gasteiger partial charge on any atom is -0.389 e. The molecule has 0 saturated heterocycles. The standard InChI is InChI=1S/C11H18N2S2/c1-4-5-8-10(11(12)14)15-9(13-8)6-7(2)3/h7H,4-6H2,1-3H3,(H2,12,14). The van der Waals surface area contributed by atoms with Gasteiger partial charge in [0.2, 0.25) is 0 Å². The van der Waals surface area contributed by atoms with Gasteiger partial charge in [-0.1, -0.05) is 39.4 Å². The molecule has 2 N–H and O–H groups in total. The zero-order valence-electron chi connectivity index (χ0n) is 9.54. The molecule has 0 aromatic carbocycles. The highest BCUT2D eigenvalue weighted by Gasteiger charge is 2.13. The second-order valence-electron chi connectivity index (χ2n) is 4.10. The molecule has 0 spiro atoms. The smallest absolute Gasteiger partial charge is 0.116 e. The average Bonchev–Trinajstić information content (AvgIpc) is 2.47. The molecule has 0 amide bonds. The van der Waals surface area contributed by atoms with Crippen LogP contribution in [0.15, 0.2) is 0 Å². The lowest BCUT2D eigenvalue weighted by atomic mass is 10.1. The minimum absolute atomic E-state index is 0.492. The quantitative estimate of drug-likeness (QED) is 0.807. The molecule has 84 valence electrons. The third-order valence-corrected chi connectivity index (χ3v) is 3.52. The third-order valence-electron chi connectivity index (χ3n) is 2.04. The summed E-state index contributed by atoms with van der Waals surface area (Å²) < 4.78 is 0. The van der Waals surface area contributed by atoms with Gasteiger partial charge in [-0.3, -0.25) is 0 Å². The zero-order valence-corrected chi connectivity index (χ0v) is 11.2. The second kappa shape index (κ2) is 5.56. The molecule has 0 fully saturated rings. The average molecular weight is 242 g/mol. The molecule has 1 aromatic rings. The van der Waals surface area contributed by atoms with Crippen molar-refractivity contribution in [1.82, 2.24) is 4.98 Å². The van der Waals surface area contributed by atoms with E-state index in [9.17, 15) is 0 Å². The number of hydrogen-bond acceptors (Lipinski definition) is 3. The SMILES string of the molecule is CCCc1nc(CC(C)C)sc1C(N)=S. The molecule has 0 aliphatic heterocycles. The summed E-state index contributed by atoms with van der Waals surface area (Å²) in [4.78, 5) is 6.12. The molecule has 0 aliphatic rings. The van der Waals surface area contributed by atoms with Gasteiger partial charge >= 0.3 is 0 Å². The number of nitrogens with zero attached hydrogens (tertiary/aromatic N) is 1. The maximum atomic E-state index is 5.69. The zero-order chi connectivity index (χ0) is 11.4. The van der Waals surface area contributed by atoms with Crippen molar-refractivity contribution in [2.24, 2.45) is 11.7 Å². The van der Waals surface area contributed by atoms with Gasteiger partial charge in [0.25, 0.3) is 0 Å². The Morgan fingerprint density at radius 1 is 1.53 bits per heavy atom. The van der Waals surface area contributed by atoms with Gasteiger partial charge in [0, 0.05) is 6.42 Å². The Morgan fingerprint density at radius 2 is 2.20 bits per heavy atom. The Bertz CT molecular complexity index is 342. The number of hydrogen-bond donors (Lipinski definition) is 1. The number of thiazole rings is 1. The fourth-order valence-electron chi connectivity index (χ4n) is 1.44. The monoisotopic (exact) mass is 242 g/mol. The predicted molar refractivity (Wildman–Crippen MR) is 70.5 cm³/mol. The molecule has 0 radical (unpaired) electrons. The summed E-state index contributed by atoms with van der Waals surface area (Å²) >= 11 is 6.70. The maximum Gasteiger partial charge on any atom is 0.116 e. The molecule has 4 heteroatoms. The van der Waals surface area contributed by atoms with Crippen LogP contribution in [0.5, 0.6) is 0 Å². The van der Waals surface area contributed by atoms with Crippen LogP contribution in [0.2, 0.25) is 0 Å². The van der Waals surface area contributed by atoms with Gasteiger partial charge < -0.3 is 5.73 Å². The molecule has 0 bridgehead atoms. The summed E-state index contributed by atoms with van der Waals surface area (Å²) in [5, 5.41) is 1.16. The van der Waals surface area contributed by atoms with Crippen molar-refractivity contribution in [1.29, 1.82) is 0 Å². The molecule has 2 nitrogen and oxygen atoms in total. The van der Waals surface area contributed by atoms with Crippen molar-refractivity contribution in [2.45, 2.75) is 40.0 Å². The first-order valence-corrected chi connectivity index (χ1v) is 6.55. The van der Waals surface area contributed by atoms with E-state index in [4.69, 9.17) is 18.0 Å². The Labute approximate surface area is 101 Å². The largest absolute Gasteiger partial charge is 0.389 e. The van der Waals surface area contributed by atoms with Crippen molar-refractivity contribution in [2.75, 3.05) is 0 Å². The van der Waals surface area contributed by atoms with Gasteiger partial charge in [0.15, 0.2) is 0 Å². The van der Waals surface area contributed by atoms with Crippen molar-refractivity contribution in [3.05, 3.63) is 15.6 Å². The van der Waals surface area contributed by atoms with Crippen molar-refractivity contribution in [3.63, 3.8) is 0 Å². The van der Waals surface area contributed by atoms with Crippen LogP contribution in [-0.2, 0) is 12.8 Å². The van der Waals surface area contributed by atoms with Crippen LogP contribution in [0.1, 0.15) is 42.8 Å². The third kappa shape index (κ3) is 3.54. The molecule has 15 heavy (non-hydrogen) atoms. The van der Waals surface area contributed by atoms with Crippen molar-refractivity contribution in [3.8, 4) is 0 Å². The fourth-order valence-corrected chi connectivity index (χ4v) is 2.85. The Morgan fingerprint density at radius 3 is 2.67 bits per heavy atom. The number of aromatic nitrogens is 1. The van der Waals surface area contributed by atoms with E-state index >= 15 is 0 Å². The molecule has 0 saturated carbocycles. The molecule has 1 rings (SSSR count). The maximum absolute atomic E-state index is 5.69. The first kappa shape index (κ1) is 12.6. The van der Waals surface area contributed by atoms with E-state index in [1.54, 1.807) is 11.3 Å². The lowest BCUT2D eigenvalue weighted by molar-refractivity contribution is 0.642. The fraction of sp³-hybridized carbons (Fsp3) is 0.636. The van der Waals surface area contributed by atoms with E-state index in [0.29, 0.717) is 10.9 Å². The van der Waals surface area contributed by atoms with E-state index in [1.165, 1.54) is 0 Å². The molecular weight excluding hydrogens is 224 g/mol. The van der Waals surface area contributed by atoms with Gasteiger partial charge in [0.05, 0.1) is 15.6 Å². The summed E-state index contributed by atoms with van der Waals surface area (Å²) in [7, 11) is 0. The molecule has 0 aliphatic carbocycles. The number of nitrogens with two attached hydrogens (primary N) is 1. The molecule has 0 atom stereocenters. The van der Waals surface area contributed by atoms with Gasteiger partial charge in [-0.25, -0.2) is 4.98 Å². The van der Waals surface area contributed by atoms with E-state index in [1.807, 2.05) is 0 Å². The Kier molecular flexibility index (Phi) is 4.67. The van der Waals surface area contributed by atoms with E-state index in [0.717, 1.165) is 34.8 Å². The highest BCUT2D eigenvalue weighted by atomic mass is 32.1. The van der Waals surface area contributed by atoms with Crippen molar-refractivity contribution < 1.29 is 0 Å². The van der Waals surface area contributed by atoms with E-state index in [2.05, 4.69) is 25.8 Å². The summed E-state index contributed by atoms with van der Waals surface area (Å²) in [6.45, 7) is 6.54. The highest BCUT2D eigenvalue weighted by Crippen LogP contribution is 2.22. The van der Waals surface area contributed by atoms with Gasteiger partial charge in [-0.15, -0.1) is 11.3 Å². The van der Waals surface area contributed by atoms with Gasteiger partial charge in [-0.2, -0.15) is 0 Å². The Balaban J connectivity index is 2.93. The first-order valence-electron chi connectivity index (χ1n) is 5.33. The molecule has 0 unspecified atom stereocenters. The predicted octanol–water partition coefficient (Wildman–Crippen LogP) is 2.93. The van der Waals surface area contributed by atoms with E-state index in [-0.39, 0.29) is 0 Å². The van der Waals surface area contributed by atoms with Crippen LogP contribution in [0.25, 0.3) is 0 Å². The lowest BCUT2D eigenvalue weighted by Gasteiger charge is -1.98. The second-order valence-corrected chi connectivity index (χ2v) is 5.62. The van der Waals surface area contributed by atoms with Crippen LogP contribution >= 0.6 is 23.6 Å². The first-order chi connectivity index (χ1) is 7.04. The topological polar surface area (TPSA) is 38.9 Å². The summed E-state index contributed by atoms with van der Waals surface area (Å²) in [5.41, 5.74) is 6.78. The number of thiocarbonyl (C=S) groups is 1. The highest BCUT2D eigenvalue weighted by molar-refractivity contribution is 7.81. The number of aryl methyl sites for hydroxylation is 1. The summed E-state index contributed by atoms with van der Waals surface area (Å²) in [6.07, 6.45) is 3.08. The molecule has 1 heterocycles.